The van der Waals surface area contributed by atoms with E-state index in [1.54, 1.807) is 11.8 Å². The summed E-state index contributed by atoms with van der Waals surface area (Å²) in [6.45, 7) is 3.63. The van der Waals surface area contributed by atoms with Crippen LogP contribution in [0.15, 0.2) is 0 Å². The lowest BCUT2D eigenvalue weighted by Gasteiger charge is -2.15. The molecule has 6 heteroatoms. The van der Waals surface area contributed by atoms with Gasteiger partial charge >= 0.3 is 12.0 Å². The van der Waals surface area contributed by atoms with Gasteiger partial charge in [-0.3, -0.25) is 0 Å². The van der Waals surface area contributed by atoms with Gasteiger partial charge in [-0.25, -0.2) is 9.59 Å². The molecule has 88 valence electrons. The fraction of sp³-hybridized carbons (Fsp3) is 0.778. The minimum Gasteiger partial charge on any atom is -0.480 e. The van der Waals surface area contributed by atoms with Crippen LogP contribution in [0.3, 0.4) is 0 Å². The molecule has 0 rings (SSSR count). The number of amides is 2. The Morgan fingerprint density at radius 1 is 1.33 bits per heavy atom. The Morgan fingerprint density at radius 2 is 1.93 bits per heavy atom. The van der Waals surface area contributed by atoms with Crippen LogP contribution >= 0.6 is 11.8 Å². The minimum absolute atomic E-state index is 0.00000459. The van der Waals surface area contributed by atoms with Crippen molar-refractivity contribution in [1.82, 2.24) is 10.6 Å². The quantitative estimate of drug-likeness (QED) is 0.638. The second-order valence-electron chi connectivity index (χ2n) is 3.44. The summed E-state index contributed by atoms with van der Waals surface area (Å²) >= 11 is 1.55. The predicted molar refractivity (Wildman–Crippen MR) is 61.2 cm³/mol. The molecule has 15 heavy (non-hydrogen) atoms. The monoisotopic (exact) mass is 234 g/mol. The lowest BCUT2D eigenvalue weighted by atomic mass is 10.2. The number of nitrogens with one attached hydrogen (secondary N) is 2. The molecule has 5 nitrogen and oxygen atoms in total. The van der Waals surface area contributed by atoms with E-state index in [0.717, 1.165) is 0 Å². The zero-order valence-corrected chi connectivity index (χ0v) is 10.1. The van der Waals surface area contributed by atoms with Crippen molar-refractivity contribution in [1.29, 1.82) is 0 Å². The molecule has 0 radical (unpaired) electrons. The van der Waals surface area contributed by atoms with E-state index in [4.69, 9.17) is 5.11 Å². The standard InChI is InChI=1S/C9H18N2O3S/c1-6(2)10-9(14)11-7(8(12)13)4-5-15-3/h6-7H,4-5H2,1-3H3,(H,12,13)(H2,10,11,14)/t7-/m0/s1. The Kier molecular flexibility index (Phi) is 6.94. The molecule has 0 bridgehead atoms. The van der Waals surface area contributed by atoms with Crippen molar-refractivity contribution >= 4 is 23.8 Å². The highest BCUT2D eigenvalue weighted by molar-refractivity contribution is 7.98. The third-order valence-corrected chi connectivity index (χ3v) is 2.28. The number of carbonyl (C=O) groups excluding carboxylic acids is 1. The second kappa shape index (κ2) is 7.39. The van der Waals surface area contributed by atoms with Gasteiger partial charge in [0.2, 0.25) is 0 Å². The van der Waals surface area contributed by atoms with Gasteiger partial charge in [-0.1, -0.05) is 0 Å². The molecule has 0 fully saturated rings. The van der Waals surface area contributed by atoms with Crippen LogP contribution in [0, 0.1) is 0 Å². The Labute approximate surface area is 94.0 Å². The van der Waals surface area contributed by atoms with Gasteiger partial charge in [0.05, 0.1) is 0 Å². The van der Waals surface area contributed by atoms with Crippen LogP contribution in [0.2, 0.25) is 0 Å². The summed E-state index contributed by atoms with van der Waals surface area (Å²) < 4.78 is 0. The Hall–Kier alpha value is -0.910. The summed E-state index contributed by atoms with van der Waals surface area (Å²) in [5, 5.41) is 13.8. The van der Waals surface area contributed by atoms with Crippen LogP contribution < -0.4 is 10.6 Å². The van der Waals surface area contributed by atoms with E-state index < -0.39 is 18.0 Å². The van der Waals surface area contributed by atoms with Crippen LogP contribution in [-0.4, -0.2) is 41.2 Å². The van der Waals surface area contributed by atoms with Crippen LogP contribution in [0.5, 0.6) is 0 Å². The topological polar surface area (TPSA) is 78.4 Å². The summed E-state index contributed by atoms with van der Waals surface area (Å²) in [6.07, 6.45) is 2.33. The lowest BCUT2D eigenvalue weighted by molar-refractivity contribution is -0.139. The molecule has 3 N–H and O–H groups in total. The molecule has 0 spiro atoms. The summed E-state index contributed by atoms with van der Waals surface area (Å²) in [6, 6.07) is -1.24. The largest absolute Gasteiger partial charge is 0.480 e. The summed E-state index contributed by atoms with van der Waals surface area (Å²) in [4.78, 5) is 22.0. The minimum atomic E-state index is -0.997. The molecule has 0 saturated heterocycles. The van der Waals surface area contributed by atoms with E-state index in [1.807, 2.05) is 20.1 Å². The zero-order valence-electron chi connectivity index (χ0n) is 9.24. The summed E-state index contributed by atoms with van der Waals surface area (Å²) in [7, 11) is 0. The van der Waals surface area contributed by atoms with Gasteiger partial charge in [0, 0.05) is 6.04 Å². The maximum Gasteiger partial charge on any atom is 0.326 e. The van der Waals surface area contributed by atoms with Crippen LogP contribution in [0.4, 0.5) is 4.79 Å². The average Bonchev–Trinajstić information content (AvgIpc) is 2.10. The number of urea groups is 1. The fourth-order valence-corrected chi connectivity index (χ4v) is 1.43. The third kappa shape index (κ3) is 7.07. The molecule has 0 aromatic heterocycles. The Bertz CT molecular complexity index is 221. The number of hydrogen-bond acceptors (Lipinski definition) is 3. The van der Waals surface area contributed by atoms with Crippen molar-refractivity contribution in [2.45, 2.75) is 32.4 Å². The molecule has 0 aliphatic carbocycles. The van der Waals surface area contributed by atoms with E-state index in [9.17, 15) is 9.59 Å². The number of rotatable bonds is 6. The molecular formula is C9H18N2O3S. The van der Waals surface area contributed by atoms with Crippen molar-refractivity contribution in [3.8, 4) is 0 Å². The van der Waals surface area contributed by atoms with Gasteiger partial charge in [0.1, 0.15) is 6.04 Å². The van der Waals surface area contributed by atoms with Crippen molar-refractivity contribution in [2.75, 3.05) is 12.0 Å². The second-order valence-corrected chi connectivity index (χ2v) is 4.43. The van der Waals surface area contributed by atoms with Gasteiger partial charge in [0.25, 0.3) is 0 Å². The fourth-order valence-electron chi connectivity index (χ4n) is 0.955. The van der Waals surface area contributed by atoms with E-state index in [-0.39, 0.29) is 6.04 Å². The SMILES string of the molecule is CSCC[C@H](NC(=O)NC(C)C)C(=O)O. The highest BCUT2D eigenvalue weighted by Gasteiger charge is 2.19. The third-order valence-electron chi connectivity index (χ3n) is 1.63. The van der Waals surface area contributed by atoms with Crippen molar-refractivity contribution in [3.05, 3.63) is 0 Å². The molecule has 0 aliphatic heterocycles. The molecular weight excluding hydrogens is 216 g/mol. The van der Waals surface area contributed by atoms with Gasteiger partial charge < -0.3 is 15.7 Å². The molecule has 0 heterocycles. The molecule has 0 aromatic carbocycles. The number of carboxylic acid groups (broad SMARTS) is 1. The highest BCUT2D eigenvalue weighted by Crippen LogP contribution is 2.00. The molecule has 0 saturated carbocycles. The van der Waals surface area contributed by atoms with Gasteiger partial charge in [-0.2, -0.15) is 11.8 Å². The highest BCUT2D eigenvalue weighted by atomic mass is 32.2. The van der Waals surface area contributed by atoms with Gasteiger partial charge in [0.15, 0.2) is 0 Å². The number of carbonyl (C=O) groups is 2. The van der Waals surface area contributed by atoms with E-state index >= 15 is 0 Å². The predicted octanol–water partition coefficient (Wildman–Crippen LogP) is 0.900. The number of hydrogen-bond donors (Lipinski definition) is 3. The van der Waals surface area contributed by atoms with Crippen molar-refractivity contribution < 1.29 is 14.7 Å². The number of aliphatic carboxylic acids is 1. The lowest BCUT2D eigenvalue weighted by Crippen LogP contribution is -2.48. The maximum absolute atomic E-state index is 11.2. The van der Waals surface area contributed by atoms with E-state index in [2.05, 4.69) is 10.6 Å². The molecule has 1 atom stereocenters. The summed E-state index contributed by atoms with van der Waals surface area (Å²) in [5.41, 5.74) is 0. The molecule has 0 aliphatic rings. The maximum atomic E-state index is 11.2. The Morgan fingerprint density at radius 3 is 2.33 bits per heavy atom. The first kappa shape index (κ1) is 14.1. The normalized spacial score (nSPS) is 12.3. The first-order chi connectivity index (χ1) is 6.97. The first-order valence-corrected chi connectivity index (χ1v) is 6.15. The van der Waals surface area contributed by atoms with Crippen LogP contribution in [0.25, 0.3) is 0 Å². The molecule has 0 aromatic rings. The van der Waals surface area contributed by atoms with E-state index in [0.29, 0.717) is 12.2 Å². The number of carboxylic acids is 1. The van der Waals surface area contributed by atoms with Crippen LogP contribution in [0.1, 0.15) is 20.3 Å². The number of thioether (sulfide) groups is 1. The first-order valence-electron chi connectivity index (χ1n) is 4.76. The Balaban J connectivity index is 4.04. The van der Waals surface area contributed by atoms with Gasteiger partial charge in [-0.05, 0) is 32.3 Å². The van der Waals surface area contributed by atoms with E-state index in [1.165, 1.54) is 0 Å². The van der Waals surface area contributed by atoms with Crippen LogP contribution in [-0.2, 0) is 4.79 Å². The smallest absolute Gasteiger partial charge is 0.326 e. The van der Waals surface area contributed by atoms with Crippen molar-refractivity contribution in [3.63, 3.8) is 0 Å². The zero-order chi connectivity index (χ0) is 11.8. The molecule has 0 unspecified atom stereocenters. The van der Waals surface area contributed by atoms with Gasteiger partial charge in [-0.15, -0.1) is 0 Å². The van der Waals surface area contributed by atoms with Crippen molar-refractivity contribution in [2.24, 2.45) is 0 Å². The average molecular weight is 234 g/mol. The molecule has 2 amide bonds. The summed E-state index contributed by atoms with van der Waals surface area (Å²) in [5.74, 6) is -0.290.